The van der Waals surface area contributed by atoms with Gasteiger partial charge in [-0.2, -0.15) is 0 Å². The van der Waals surface area contributed by atoms with Gasteiger partial charge in [0.15, 0.2) is 0 Å². The van der Waals surface area contributed by atoms with Crippen molar-refractivity contribution in [2.75, 3.05) is 53.8 Å². The summed E-state index contributed by atoms with van der Waals surface area (Å²) in [6.07, 6.45) is 3.75. The summed E-state index contributed by atoms with van der Waals surface area (Å²) >= 11 is 0. The molecule has 10 amide bonds. The molecule has 3 rings (SSSR count). The van der Waals surface area contributed by atoms with Gasteiger partial charge in [-0.25, -0.2) is 10.3 Å². The molecule has 0 unspecified atom stereocenters. The van der Waals surface area contributed by atoms with Crippen LogP contribution in [0.1, 0.15) is 131 Å². The molecule has 1 fully saturated rings. The first-order valence-corrected chi connectivity index (χ1v) is 31.3. The SMILES string of the molecule is CC[C@H](C)[C@@H]([C@@H](CC(=O)N1CCC[C@H]1[C@H](OC)[C@@H](C)C(=O)N[C@H](/C=C/C(=O)NOCc1ccc(NC(=O)[C@@H](CCCNC(N)=O)NC(=O)[C@H](NC(=O)CCCC(=O)O)C(C)C)cc1)Cc1ccccc1)OC)N(C)C(=O)[C@@H](NC(=O)[C@H](C(C)C)N(C)C)C(C)C. The molecule has 0 bridgehead atoms. The molecule has 11 atom stereocenters. The first-order chi connectivity index (χ1) is 42.5. The molecule has 1 saturated heterocycles. The summed E-state index contributed by atoms with van der Waals surface area (Å²) in [6.45, 7) is 17.4. The van der Waals surface area contributed by atoms with Gasteiger partial charge < -0.3 is 62.0 Å². The van der Waals surface area contributed by atoms with Crippen LogP contribution in [0, 0.1) is 29.6 Å². The number of likely N-dealkylation sites (tertiary alicyclic amines) is 1. The van der Waals surface area contributed by atoms with Gasteiger partial charge in [0.25, 0.3) is 5.91 Å². The number of carbonyl (C=O) groups excluding carboxylic acids is 9. The molecule has 0 aliphatic carbocycles. The second-order valence-corrected chi connectivity index (χ2v) is 24.6. The van der Waals surface area contributed by atoms with Crippen molar-refractivity contribution in [3.8, 4) is 0 Å². The van der Waals surface area contributed by atoms with Gasteiger partial charge >= 0.3 is 12.0 Å². The minimum atomic E-state index is -1.10. The Labute approximate surface area is 531 Å². The number of primary amides is 1. The fraction of sp³-hybridized carbons (Fsp3) is 0.631. The van der Waals surface area contributed by atoms with Gasteiger partial charge in [0.05, 0.1) is 55.3 Å². The highest BCUT2D eigenvalue weighted by molar-refractivity contribution is 5.98. The Morgan fingerprint density at radius 2 is 1.40 bits per heavy atom. The molecule has 0 spiro atoms. The lowest BCUT2D eigenvalue weighted by molar-refractivity contribution is -0.148. The maximum atomic E-state index is 14.6. The second kappa shape index (κ2) is 38.9. The van der Waals surface area contributed by atoms with Crippen LogP contribution in [0.5, 0.6) is 0 Å². The van der Waals surface area contributed by atoms with Gasteiger partial charge in [0.2, 0.25) is 41.4 Å². The van der Waals surface area contributed by atoms with E-state index >= 15 is 0 Å². The average molecular weight is 1260 g/mol. The number of urea groups is 1. The van der Waals surface area contributed by atoms with E-state index in [9.17, 15) is 47.9 Å². The number of hydrogen-bond donors (Lipinski definition) is 9. The first-order valence-electron chi connectivity index (χ1n) is 31.3. The van der Waals surface area contributed by atoms with Crippen LogP contribution in [0.25, 0.3) is 0 Å². The summed E-state index contributed by atoms with van der Waals surface area (Å²) < 4.78 is 12.2. The fourth-order valence-electron chi connectivity index (χ4n) is 11.3. The van der Waals surface area contributed by atoms with Crippen LogP contribution in [-0.4, -0.2) is 182 Å². The number of aliphatic carboxylic acids is 1. The number of hydroxylamine groups is 1. The topological polar surface area (TPSA) is 339 Å². The van der Waals surface area contributed by atoms with Crippen molar-refractivity contribution in [2.24, 2.45) is 35.3 Å². The monoisotopic (exact) mass is 1260 g/mol. The largest absolute Gasteiger partial charge is 0.481 e. The first kappa shape index (κ1) is 76.8. The molecule has 90 heavy (non-hydrogen) atoms. The minimum Gasteiger partial charge on any atom is -0.481 e. The molecule has 502 valence electrons. The third-order valence-electron chi connectivity index (χ3n) is 16.3. The van der Waals surface area contributed by atoms with E-state index in [-0.39, 0.29) is 99.0 Å². The third kappa shape index (κ3) is 25.1. The van der Waals surface area contributed by atoms with E-state index in [2.05, 4.69) is 37.4 Å². The van der Waals surface area contributed by atoms with E-state index in [1.54, 1.807) is 68.0 Å². The lowest BCUT2D eigenvalue weighted by Crippen LogP contribution is -2.59. The lowest BCUT2D eigenvalue weighted by Gasteiger charge is -2.41. The summed E-state index contributed by atoms with van der Waals surface area (Å²) in [6, 6.07) is 10.1. The molecule has 2 aromatic rings. The number of benzene rings is 2. The Kier molecular flexibility index (Phi) is 33.2. The Bertz CT molecular complexity index is 2670. The second-order valence-electron chi connectivity index (χ2n) is 24.6. The number of anilines is 1. The van der Waals surface area contributed by atoms with E-state index < -0.39 is 96.0 Å². The van der Waals surface area contributed by atoms with E-state index in [4.69, 9.17) is 25.2 Å². The van der Waals surface area contributed by atoms with Crippen LogP contribution in [-0.2, 0) is 70.5 Å². The summed E-state index contributed by atoms with van der Waals surface area (Å²) in [5.74, 6) is -5.94. The van der Waals surface area contributed by atoms with Crippen LogP contribution in [0.4, 0.5) is 10.5 Å². The minimum absolute atomic E-state index is 0.000265. The zero-order chi connectivity index (χ0) is 67.4. The number of ether oxygens (including phenoxy) is 2. The number of carbonyl (C=O) groups is 10. The van der Waals surface area contributed by atoms with Gasteiger partial charge in [0.1, 0.15) is 18.1 Å². The highest BCUT2D eigenvalue weighted by Gasteiger charge is 2.43. The zero-order valence-corrected chi connectivity index (χ0v) is 55.3. The molecule has 1 aliphatic heterocycles. The Morgan fingerprint density at radius 3 is 1.97 bits per heavy atom. The number of hydrogen-bond acceptors (Lipinski definition) is 14. The number of rotatable bonds is 39. The molecule has 1 aliphatic rings. The predicted molar refractivity (Wildman–Crippen MR) is 341 cm³/mol. The molecule has 2 aromatic carbocycles. The van der Waals surface area contributed by atoms with E-state index in [1.807, 2.05) is 90.9 Å². The Morgan fingerprint density at radius 1 is 0.744 bits per heavy atom. The number of amides is 10. The molecule has 1 heterocycles. The van der Waals surface area contributed by atoms with Crippen molar-refractivity contribution >= 4 is 64.9 Å². The van der Waals surface area contributed by atoms with Gasteiger partial charge in [-0.1, -0.05) is 117 Å². The molecule has 0 saturated carbocycles. The quantitative estimate of drug-likeness (QED) is 0.0254. The van der Waals surface area contributed by atoms with Crippen LogP contribution < -0.4 is 43.1 Å². The highest BCUT2D eigenvalue weighted by atomic mass is 16.6. The summed E-state index contributed by atoms with van der Waals surface area (Å²) in [4.78, 5) is 143. The average Bonchev–Trinajstić information content (AvgIpc) is 1.81. The van der Waals surface area contributed by atoms with Crippen molar-refractivity contribution in [3.63, 3.8) is 0 Å². The van der Waals surface area contributed by atoms with Crippen LogP contribution in [0.15, 0.2) is 66.7 Å². The van der Waals surface area contributed by atoms with Crippen molar-refractivity contribution in [3.05, 3.63) is 77.9 Å². The van der Waals surface area contributed by atoms with Gasteiger partial charge in [-0.3, -0.25) is 52.9 Å². The number of nitrogens with zero attached hydrogens (tertiary/aromatic N) is 3. The van der Waals surface area contributed by atoms with Crippen LogP contribution in [0.2, 0.25) is 0 Å². The van der Waals surface area contributed by atoms with Crippen molar-refractivity contribution < 1.29 is 67.4 Å². The fourth-order valence-corrected chi connectivity index (χ4v) is 11.3. The maximum absolute atomic E-state index is 14.6. The highest BCUT2D eigenvalue weighted by Crippen LogP contribution is 2.30. The van der Waals surface area contributed by atoms with Gasteiger partial charge in [-0.05, 0) is 99.6 Å². The number of likely N-dealkylation sites (N-methyl/N-ethyl adjacent to an activating group) is 2. The van der Waals surface area contributed by atoms with Crippen molar-refractivity contribution in [2.45, 2.75) is 188 Å². The molecule has 10 N–H and O–H groups in total. The standard InChI is InChI=1S/C65H103N11O14/c1-15-42(8)58(75(12)64(86)56(40(4)5)72-63(85)57(41(6)7)74(10)11)50(88-13)37-53(79)76-35-21-25-49(76)59(89-14)43(9)60(82)69-47(36-44-22-17-16-18-23-44)32-33-52(78)73-90-38-45-28-30-46(31-29-45)68-61(83)48(24-20-34-67-65(66)87)70-62(84)55(39(2)3)71-51(77)26-19-27-54(80)81/h16-18,22-23,28-33,39-43,47-50,55-59H,15,19-21,24-27,34-38H2,1-14H3,(H,68,83)(H,69,82)(H,70,84)(H,71,77)(H,72,85)(H,73,78)(H,80,81)(H3,66,67,87)/b33-32+/t42-,43+,47+,48+,49-,50+,55+,56-,57-,58-,59+/m0/s1. The smallest absolute Gasteiger partial charge is 0.312 e. The predicted octanol–water partition coefficient (Wildman–Crippen LogP) is 4.43. The van der Waals surface area contributed by atoms with E-state index in [0.29, 0.717) is 43.5 Å². The molecule has 0 radical (unpaired) electrons. The lowest BCUT2D eigenvalue weighted by atomic mass is 9.89. The van der Waals surface area contributed by atoms with Crippen molar-refractivity contribution in [1.29, 1.82) is 0 Å². The molecule has 25 heteroatoms. The van der Waals surface area contributed by atoms with Crippen LogP contribution in [0.3, 0.4) is 0 Å². The molecular weight excluding hydrogens is 1160 g/mol. The van der Waals surface area contributed by atoms with Crippen LogP contribution >= 0.6 is 0 Å². The number of carboxylic acids is 1. The Hall–Kier alpha value is -7.48. The normalized spacial score (nSPS) is 16.6. The molecule has 25 nitrogen and oxygen atoms in total. The summed E-state index contributed by atoms with van der Waals surface area (Å²) in [7, 11) is 8.43. The van der Waals surface area contributed by atoms with Gasteiger partial charge in [-0.15, -0.1) is 0 Å². The molecule has 0 aromatic heterocycles. The number of carboxylic acid groups (broad SMARTS) is 1. The molecular formula is C65H103N11O14. The number of nitrogens with one attached hydrogen (secondary N) is 7. The third-order valence-corrected chi connectivity index (χ3v) is 16.3. The Balaban J connectivity index is 1.71. The van der Waals surface area contributed by atoms with E-state index in [0.717, 1.165) is 5.56 Å². The number of nitrogens with two attached hydrogens (primary N) is 1. The summed E-state index contributed by atoms with van der Waals surface area (Å²) in [5, 5.41) is 25.6. The van der Waals surface area contributed by atoms with Gasteiger partial charge in [0, 0.05) is 59.0 Å². The van der Waals surface area contributed by atoms with E-state index in [1.165, 1.54) is 20.3 Å². The zero-order valence-electron chi connectivity index (χ0n) is 55.3. The summed E-state index contributed by atoms with van der Waals surface area (Å²) in [5.41, 5.74) is 9.47. The number of methoxy groups -OCH3 is 2. The van der Waals surface area contributed by atoms with Crippen molar-refractivity contribution in [1.82, 2.24) is 46.8 Å². The maximum Gasteiger partial charge on any atom is 0.312 e.